The fourth-order valence-electron chi connectivity index (χ4n) is 5.75. The van der Waals surface area contributed by atoms with Gasteiger partial charge < -0.3 is 87.6 Å². The highest BCUT2D eigenvalue weighted by atomic mass is 16.7. The summed E-state index contributed by atoms with van der Waals surface area (Å²) in [6.07, 6.45) is 0.855. The minimum atomic E-state index is -0.961. The number of amides is 4. The van der Waals surface area contributed by atoms with Crippen LogP contribution >= 0.6 is 0 Å². The molecule has 4 amide bonds. The second-order valence-electron chi connectivity index (χ2n) is 19.1. The van der Waals surface area contributed by atoms with Gasteiger partial charge in [0.25, 0.3) is 0 Å². The zero-order valence-electron chi connectivity index (χ0n) is 49.4. The third-order valence-electron chi connectivity index (χ3n) is 8.40. The summed E-state index contributed by atoms with van der Waals surface area (Å²) in [7, 11) is 0. The third-order valence-corrected chi connectivity index (χ3v) is 8.40. The van der Waals surface area contributed by atoms with Crippen LogP contribution in [0, 0.1) is 0 Å². The molecule has 1 heterocycles. The molecule has 0 saturated carbocycles. The number of aldehydes is 1. The van der Waals surface area contributed by atoms with Crippen LogP contribution in [0.4, 0.5) is 19.2 Å². The lowest BCUT2D eigenvalue weighted by molar-refractivity contribution is -0.170. The number of esters is 4. The van der Waals surface area contributed by atoms with Crippen LogP contribution in [-0.4, -0.2) is 174 Å². The lowest BCUT2D eigenvalue weighted by atomic mass is 10.1. The lowest BCUT2D eigenvalue weighted by Gasteiger charge is -2.28. The number of ether oxygens (including phenoxy) is 13. The molecule has 26 heteroatoms. The molecule has 0 radical (unpaired) electrons. The monoisotopic (exact) mass is 1150 g/mol. The molecule has 1 aliphatic heterocycles. The molecule has 0 bridgehead atoms. The second-order valence-corrected chi connectivity index (χ2v) is 19.1. The van der Waals surface area contributed by atoms with Crippen molar-refractivity contribution in [3.8, 4) is 0 Å². The van der Waals surface area contributed by atoms with E-state index < -0.39 is 108 Å². The van der Waals surface area contributed by atoms with Gasteiger partial charge in [0, 0.05) is 33.0 Å². The highest BCUT2D eigenvalue weighted by Gasteiger charge is 2.37. The fourth-order valence-corrected chi connectivity index (χ4v) is 5.75. The molecular weight excluding hydrogens is 1060 g/mol. The van der Waals surface area contributed by atoms with Gasteiger partial charge in [-0.3, -0.25) is 19.2 Å². The summed E-state index contributed by atoms with van der Waals surface area (Å²) < 4.78 is 66.6. The van der Waals surface area contributed by atoms with Gasteiger partial charge in [-0.2, -0.15) is 0 Å². The zero-order chi connectivity index (χ0) is 61.9. The number of hydrogen-bond donors (Lipinski definition) is 4. The SMILES string of the molecule is C=CCOC(=O)N[C@@H](CC(=O)OC(C)(C)C)C(OCC)OCC.C=CCOC(=O)N[C@@H](CC(=O)OC(C)(C)C)C(OCC)OCC.C=CCOC(=O)N[C@H](C=O)CC(=O)OC(C)(C)C.C=CCOC(=O)N[C@H]1CC(=O)OC1OCC. The van der Waals surface area contributed by atoms with Gasteiger partial charge in [-0.25, -0.2) is 19.2 Å². The van der Waals surface area contributed by atoms with Crippen LogP contribution in [0.3, 0.4) is 0 Å². The van der Waals surface area contributed by atoms with E-state index in [0.29, 0.717) is 39.3 Å². The van der Waals surface area contributed by atoms with Gasteiger partial charge in [0.15, 0.2) is 12.6 Å². The maximum absolute atomic E-state index is 12.0. The Balaban J connectivity index is -0.000000998. The quantitative estimate of drug-likeness (QED) is 0.0187. The Morgan fingerprint density at radius 3 is 1.15 bits per heavy atom. The summed E-state index contributed by atoms with van der Waals surface area (Å²) in [6.45, 7) is 40.6. The highest BCUT2D eigenvalue weighted by Crippen LogP contribution is 2.18. The molecule has 0 spiro atoms. The van der Waals surface area contributed by atoms with E-state index in [2.05, 4.69) is 52.3 Å². The average molecular weight is 1150 g/mol. The number of carbonyl (C=O) groups is 9. The van der Waals surface area contributed by atoms with E-state index in [1.807, 2.05) is 0 Å². The van der Waals surface area contributed by atoms with Crippen molar-refractivity contribution in [1.82, 2.24) is 21.3 Å². The van der Waals surface area contributed by atoms with Crippen molar-refractivity contribution in [2.24, 2.45) is 0 Å². The first kappa shape index (κ1) is 77.6. The van der Waals surface area contributed by atoms with E-state index in [4.69, 9.17) is 56.8 Å². The van der Waals surface area contributed by atoms with Crippen LogP contribution in [0.2, 0.25) is 0 Å². The summed E-state index contributed by atoms with van der Waals surface area (Å²) >= 11 is 0. The Bertz CT molecular complexity index is 1790. The van der Waals surface area contributed by atoms with Crippen LogP contribution in [0.15, 0.2) is 50.6 Å². The maximum Gasteiger partial charge on any atom is 0.408 e. The van der Waals surface area contributed by atoms with Gasteiger partial charge in [0.2, 0.25) is 6.29 Å². The largest absolute Gasteiger partial charge is 0.460 e. The lowest BCUT2D eigenvalue weighted by Crippen LogP contribution is -2.48. The zero-order valence-corrected chi connectivity index (χ0v) is 49.4. The molecule has 1 saturated heterocycles. The molecule has 80 heavy (non-hydrogen) atoms. The third kappa shape index (κ3) is 44.3. The number of nitrogens with one attached hydrogen (secondary N) is 4. The Labute approximate surface area is 471 Å². The van der Waals surface area contributed by atoms with Crippen LogP contribution in [0.1, 0.15) is 123 Å². The number of carbonyl (C=O) groups excluding carboxylic acids is 9. The molecule has 0 aromatic heterocycles. The minimum Gasteiger partial charge on any atom is -0.460 e. The number of alkyl carbamates (subject to hydrolysis) is 4. The molecule has 0 aromatic carbocycles. The standard InChI is InChI=1S/2C16H29NO6.C12H19NO5.C10H15NO5/c2*1-7-10-22-15(19)17-12(14(20-8-2)21-9-3)11-13(18)23-16(4,5)6;1-5-6-17-11(16)13-9(8-14)7-10(15)18-12(2,3)4;1-3-5-15-10(13)11-7-6-8(12)16-9(7)14-4-2/h2*7,12,14H,1,8-11H2,2-6H3,(H,17,19);5,8-9H,1,6-7H2,2-4H3,(H,13,16);3,7,9H,1,4-6H2,2H3,(H,11,13)/t2*12-;9-;7-,9?/m0000/s1. The Morgan fingerprint density at radius 2 is 0.850 bits per heavy atom. The van der Waals surface area contributed by atoms with Gasteiger partial charge in [0.1, 0.15) is 55.6 Å². The van der Waals surface area contributed by atoms with Crippen molar-refractivity contribution in [3.05, 3.63) is 50.6 Å². The van der Waals surface area contributed by atoms with Crippen molar-refractivity contribution < 1.29 is 105 Å². The van der Waals surface area contributed by atoms with Crippen LogP contribution in [-0.2, 0) is 85.6 Å². The van der Waals surface area contributed by atoms with Gasteiger partial charge in [-0.1, -0.05) is 50.6 Å². The van der Waals surface area contributed by atoms with Gasteiger partial charge in [0.05, 0.1) is 43.8 Å². The number of rotatable bonds is 31. The Kier molecular flexibility index (Phi) is 42.9. The molecule has 460 valence electrons. The van der Waals surface area contributed by atoms with E-state index in [1.165, 1.54) is 24.3 Å². The average Bonchev–Trinajstić information content (AvgIpc) is 3.69. The Morgan fingerprint density at radius 1 is 0.525 bits per heavy atom. The van der Waals surface area contributed by atoms with Gasteiger partial charge in [-0.15, -0.1) is 0 Å². The first-order chi connectivity index (χ1) is 37.4. The van der Waals surface area contributed by atoms with Gasteiger partial charge in [-0.05, 0) is 96.9 Å². The first-order valence-electron chi connectivity index (χ1n) is 26.0. The molecule has 5 atom stereocenters. The van der Waals surface area contributed by atoms with E-state index in [9.17, 15) is 43.2 Å². The van der Waals surface area contributed by atoms with Crippen LogP contribution in [0.25, 0.3) is 0 Å². The molecule has 1 aliphatic rings. The predicted octanol–water partition coefficient (Wildman–Crippen LogP) is 6.57. The predicted molar refractivity (Wildman–Crippen MR) is 292 cm³/mol. The molecule has 1 rings (SSSR count). The Hall–Kier alpha value is -6.61. The number of cyclic esters (lactones) is 1. The summed E-state index contributed by atoms with van der Waals surface area (Å²) in [5.74, 6) is -1.89. The van der Waals surface area contributed by atoms with E-state index in [1.54, 1.807) is 96.9 Å². The van der Waals surface area contributed by atoms with Crippen LogP contribution in [0.5, 0.6) is 0 Å². The molecule has 1 unspecified atom stereocenters. The molecule has 4 N–H and O–H groups in total. The van der Waals surface area contributed by atoms with Crippen molar-refractivity contribution in [1.29, 1.82) is 0 Å². The molecule has 0 aliphatic carbocycles. The van der Waals surface area contributed by atoms with Crippen molar-refractivity contribution in [3.63, 3.8) is 0 Å². The summed E-state index contributed by atoms with van der Waals surface area (Å²) in [6, 6.07) is -2.90. The topological polar surface area (TPSA) is 322 Å². The van der Waals surface area contributed by atoms with Crippen LogP contribution < -0.4 is 21.3 Å². The smallest absolute Gasteiger partial charge is 0.408 e. The minimum absolute atomic E-state index is 0.0316. The molecule has 26 nitrogen and oxygen atoms in total. The number of hydrogen-bond acceptors (Lipinski definition) is 22. The van der Waals surface area contributed by atoms with Crippen molar-refractivity contribution >= 4 is 54.5 Å². The molecule has 1 fully saturated rings. The normalized spacial score (nSPS) is 14.7. The summed E-state index contributed by atoms with van der Waals surface area (Å²) in [5.41, 5.74) is -1.86. The summed E-state index contributed by atoms with van der Waals surface area (Å²) in [4.78, 5) is 103. The van der Waals surface area contributed by atoms with E-state index in [0.717, 1.165) is 0 Å². The highest BCUT2D eigenvalue weighted by molar-refractivity contribution is 5.80. The van der Waals surface area contributed by atoms with E-state index in [-0.39, 0.29) is 52.1 Å². The molecule has 0 aromatic rings. The van der Waals surface area contributed by atoms with Gasteiger partial charge >= 0.3 is 48.3 Å². The maximum atomic E-state index is 12.0. The van der Waals surface area contributed by atoms with E-state index >= 15 is 0 Å². The fraction of sp³-hybridized carbons (Fsp3) is 0.685. The molecular formula is C54H92N4O22. The van der Waals surface area contributed by atoms with Crippen molar-refractivity contribution in [2.75, 3.05) is 59.5 Å². The second kappa shape index (κ2) is 44.2. The van der Waals surface area contributed by atoms with Crippen molar-refractivity contribution in [2.45, 2.75) is 182 Å². The summed E-state index contributed by atoms with van der Waals surface area (Å²) in [5, 5.41) is 9.90. The first-order valence-corrected chi connectivity index (χ1v) is 26.0.